The number of hydrogen-bond acceptors (Lipinski definition) is 6. The van der Waals surface area contributed by atoms with Gasteiger partial charge in [-0.15, -0.1) is 0 Å². The van der Waals surface area contributed by atoms with Gasteiger partial charge in [0, 0.05) is 30.6 Å². The molecule has 0 aliphatic rings. The van der Waals surface area contributed by atoms with Gasteiger partial charge in [0.1, 0.15) is 0 Å². The number of benzene rings is 1. The minimum absolute atomic E-state index is 0.0183. The van der Waals surface area contributed by atoms with Gasteiger partial charge in [-0.25, -0.2) is 8.42 Å². The molecular formula is C20H33NO6SSi. The normalized spacial score (nSPS) is 13.2. The molecule has 0 bridgehead atoms. The van der Waals surface area contributed by atoms with Crippen molar-refractivity contribution in [1.82, 2.24) is 0 Å². The van der Waals surface area contributed by atoms with Crippen LogP contribution >= 0.6 is 0 Å². The van der Waals surface area contributed by atoms with E-state index in [0.29, 0.717) is 43.4 Å². The Morgan fingerprint density at radius 2 is 1.48 bits per heavy atom. The highest BCUT2D eigenvalue weighted by Crippen LogP contribution is 2.29. The fourth-order valence-electron chi connectivity index (χ4n) is 3.10. The van der Waals surface area contributed by atoms with Crippen molar-refractivity contribution in [3.63, 3.8) is 0 Å². The van der Waals surface area contributed by atoms with Crippen molar-refractivity contribution in [2.45, 2.75) is 46.3 Å². The molecule has 29 heavy (non-hydrogen) atoms. The van der Waals surface area contributed by atoms with Gasteiger partial charge in [-0.2, -0.15) is 0 Å². The predicted molar refractivity (Wildman–Crippen MR) is 116 cm³/mol. The van der Waals surface area contributed by atoms with Gasteiger partial charge in [-0.1, -0.05) is 43.7 Å². The second-order valence-electron chi connectivity index (χ2n) is 6.44. The second kappa shape index (κ2) is 12.2. The lowest BCUT2D eigenvalue weighted by atomic mass is 10.2. The minimum Gasteiger partial charge on any atom is -0.370 e. The highest BCUT2D eigenvalue weighted by atomic mass is 32.2. The highest BCUT2D eigenvalue weighted by Gasteiger charge is 2.47. The van der Waals surface area contributed by atoms with Crippen molar-refractivity contribution in [3.8, 4) is 0 Å². The van der Waals surface area contributed by atoms with E-state index >= 15 is 0 Å². The Morgan fingerprint density at radius 3 is 1.90 bits per heavy atom. The molecule has 164 valence electrons. The van der Waals surface area contributed by atoms with Crippen LogP contribution in [0.2, 0.25) is 0 Å². The summed E-state index contributed by atoms with van der Waals surface area (Å²) in [5, 5.41) is 0.467. The molecular weight excluding hydrogens is 410 g/mol. The highest BCUT2D eigenvalue weighted by molar-refractivity contribution is 7.90. The average Bonchev–Trinajstić information content (AvgIpc) is 2.65. The molecule has 0 aliphatic heterocycles. The smallest absolute Gasteiger partial charge is 0.370 e. The summed E-state index contributed by atoms with van der Waals surface area (Å²) in [5.41, 5.74) is 6.32. The lowest BCUT2D eigenvalue weighted by Crippen LogP contribution is -2.50. The standard InChI is InChI=1S/C20H33NO6SSi/c1-5-12-19(29(25-6-2,26-7-3)27-8-4)18(20(21)22)16-28(23,24)15-17-13-10-9-11-14-17/h9-11,13-14H,5-8,12,15-16H2,1-4H3,(H2,21,22). The zero-order valence-electron chi connectivity index (χ0n) is 17.8. The Kier molecular flexibility index (Phi) is 10.8. The van der Waals surface area contributed by atoms with Crippen LogP contribution in [0.15, 0.2) is 41.1 Å². The molecule has 1 rings (SSSR count). The molecule has 0 radical (unpaired) electrons. The quantitative estimate of drug-likeness (QED) is 0.350. The third kappa shape index (κ3) is 7.67. The van der Waals surface area contributed by atoms with Crippen LogP contribution in [0.25, 0.3) is 0 Å². The fraction of sp³-hybridized carbons (Fsp3) is 0.550. The Hall–Kier alpha value is -1.52. The molecule has 1 aromatic carbocycles. The van der Waals surface area contributed by atoms with E-state index in [4.69, 9.17) is 19.0 Å². The maximum absolute atomic E-state index is 12.9. The molecule has 0 aliphatic carbocycles. The minimum atomic E-state index is -3.65. The van der Waals surface area contributed by atoms with Gasteiger partial charge in [0.2, 0.25) is 5.91 Å². The molecule has 0 atom stereocenters. The van der Waals surface area contributed by atoms with Crippen LogP contribution in [0.1, 0.15) is 46.1 Å². The first-order valence-corrected chi connectivity index (χ1v) is 13.5. The van der Waals surface area contributed by atoms with E-state index in [1.807, 2.05) is 13.0 Å². The van der Waals surface area contributed by atoms with Crippen molar-refractivity contribution in [1.29, 1.82) is 0 Å². The molecule has 0 unspecified atom stereocenters. The topological polar surface area (TPSA) is 105 Å². The molecule has 0 aromatic heterocycles. The number of primary amides is 1. The molecule has 0 saturated carbocycles. The summed E-state index contributed by atoms with van der Waals surface area (Å²) in [4.78, 5) is 12.4. The molecule has 0 heterocycles. The Morgan fingerprint density at radius 1 is 0.966 bits per heavy atom. The van der Waals surface area contributed by atoms with Crippen LogP contribution in [-0.2, 0) is 33.7 Å². The van der Waals surface area contributed by atoms with E-state index in [2.05, 4.69) is 0 Å². The summed E-state index contributed by atoms with van der Waals surface area (Å²) in [7, 11) is -7.10. The van der Waals surface area contributed by atoms with Crippen molar-refractivity contribution in [3.05, 3.63) is 46.7 Å². The number of carbonyl (C=O) groups is 1. The van der Waals surface area contributed by atoms with Gasteiger partial charge >= 0.3 is 8.80 Å². The fourth-order valence-corrected chi connectivity index (χ4v) is 7.84. The van der Waals surface area contributed by atoms with Crippen molar-refractivity contribution < 1.29 is 26.5 Å². The number of nitrogens with two attached hydrogens (primary N) is 1. The molecule has 0 fully saturated rings. The summed E-state index contributed by atoms with van der Waals surface area (Å²) >= 11 is 0. The maximum atomic E-state index is 12.9. The van der Waals surface area contributed by atoms with Gasteiger partial charge in [-0.05, 0) is 32.8 Å². The number of rotatable bonds is 14. The van der Waals surface area contributed by atoms with Crippen LogP contribution in [0.4, 0.5) is 0 Å². The molecule has 7 nitrogen and oxygen atoms in total. The van der Waals surface area contributed by atoms with Crippen molar-refractivity contribution >= 4 is 24.5 Å². The summed E-state index contributed by atoms with van der Waals surface area (Å²) in [6, 6.07) is 8.83. The van der Waals surface area contributed by atoms with Crippen molar-refractivity contribution in [2.24, 2.45) is 5.73 Å². The first-order valence-electron chi connectivity index (χ1n) is 9.93. The van der Waals surface area contributed by atoms with Crippen LogP contribution in [0, 0.1) is 0 Å². The molecule has 0 spiro atoms. The van der Waals surface area contributed by atoms with E-state index in [0.717, 1.165) is 0 Å². The van der Waals surface area contributed by atoms with E-state index in [1.54, 1.807) is 45.0 Å². The summed E-state index contributed by atoms with van der Waals surface area (Å²) in [6.45, 7) is 8.27. The first kappa shape index (κ1) is 25.5. The molecule has 0 saturated heterocycles. The van der Waals surface area contributed by atoms with E-state index in [1.165, 1.54) is 0 Å². The number of sulfone groups is 1. The molecule has 2 N–H and O–H groups in total. The average molecular weight is 444 g/mol. The SMILES string of the molecule is CCCC(=C(CS(=O)(=O)Cc1ccccc1)C(N)=O)[Si](OCC)(OCC)OCC. The first-order chi connectivity index (χ1) is 13.7. The monoisotopic (exact) mass is 443 g/mol. The van der Waals surface area contributed by atoms with Gasteiger partial charge in [0.25, 0.3) is 0 Å². The van der Waals surface area contributed by atoms with Gasteiger partial charge in [0.15, 0.2) is 9.84 Å². The van der Waals surface area contributed by atoms with E-state index in [9.17, 15) is 13.2 Å². The van der Waals surface area contributed by atoms with E-state index in [-0.39, 0.29) is 11.3 Å². The summed E-state index contributed by atoms with van der Waals surface area (Å²) < 4.78 is 43.5. The summed E-state index contributed by atoms with van der Waals surface area (Å²) in [6.07, 6.45) is 1.07. The third-order valence-corrected chi connectivity index (χ3v) is 8.93. The van der Waals surface area contributed by atoms with Crippen LogP contribution in [0.5, 0.6) is 0 Å². The Bertz CT molecular complexity index is 762. The largest absolute Gasteiger partial charge is 0.533 e. The van der Waals surface area contributed by atoms with Crippen LogP contribution < -0.4 is 5.73 Å². The zero-order chi connectivity index (χ0) is 21.9. The van der Waals surface area contributed by atoms with Gasteiger partial charge in [0.05, 0.1) is 11.5 Å². The number of allylic oxidation sites excluding steroid dienone is 1. The summed E-state index contributed by atoms with van der Waals surface area (Å²) in [5.74, 6) is -1.45. The third-order valence-electron chi connectivity index (χ3n) is 4.13. The second-order valence-corrected chi connectivity index (χ2v) is 11.1. The van der Waals surface area contributed by atoms with E-state index < -0.39 is 30.3 Å². The molecule has 1 aromatic rings. The Balaban J connectivity index is 3.48. The number of amides is 1. The van der Waals surface area contributed by atoms with Crippen LogP contribution in [-0.4, -0.2) is 48.7 Å². The number of hydrogen-bond donors (Lipinski definition) is 1. The molecule has 9 heteroatoms. The predicted octanol–water partition coefficient (Wildman–Crippen LogP) is 2.77. The van der Waals surface area contributed by atoms with Gasteiger partial charge in [-0.3, -0.25) is 4.79 Å². The Labute approximate surface area is 175 Å². The van der Waals surface area contributed by atoms with Crippen molar-refractivity contribution in [2.75, 3.05) is 25.6 Å². The van der Waals surface area contributed by atoms with Gasteiger partial charge < -0.3 is 19.0 Å². The molecule has 1 amide bonds. The maximum Gasteiger partial charge on any atom is 0.533 e. The van der Waals surface area contributed by atoms with Crippen LogP contribution in [0.3, 0.4) is 0 Å². The lowest BCUT2D eigenvalue weighted by Gasteiger charge is -2.32. The zero-order valence-corrected chi connectivity index (χ0v) is 19.6. The lowest BCUT2D eigenvalue weighted by molar-refractivity contribution is -0.114. The number of carbonyl (C=O) groups excluding carboxylic acids is 1.